The Morgan fingerprint density at radius 2 is 1.71 bits per heavy atom. The molecule has 0 bridgehead atoms. The largest absolute Gasteiger partial charge is 0.464 e. The van der Waals surface area contributed by atoms with Gasteiger partial charge in [0.15, 0.2) is 0 Å². The smallest absolute Gasteiger partial charge is 0.463 e. The van der Waals surface area contributed by atoms with E-state index >= 15 is 0 Å². The van der Waals surface area contributed by atoms with Crippen molar-refractivity contribution in [3.63, 3.8) is 0 Å². The number of rotatable bonds is 8. The summed E-state index contributed by atoms with van der Waals surface area (Å²) < 4.78 is 68.2. The van der Waals surface area contributed by atoms with Crippen molar-refractivity contribution in [1.29, 1.82) is 0 Å². The first-order valence-corrected chi connectivity index (χ1v) is 8.05. The van der Waals surface area contributed by atoms with Crippen LogP contribution in [0, 0.1) is 0 Å². The summed E-state index contributed by atoms with van der Waals surface area (Å²) in [5.74, 6) is -8.82. The maximum Gasteiger partial charge on any atom is 0.463 e. The molecule has 1 amide bonds. The fourth-order valence-corrected chi connectivity index (χ4v) is 2.53. The number of carbonyl (C=O) groups excluding carboxylic acids is 2. The normalized spacial score (nSPS) is 18.8. The van der Waals surface area contributed by atoms with Gasteiger partial charge in [0.1, 0.15) is 6.04 Å². The monoisotopic (exact) mass is 359 g/mol. The fraction of sp³-hybridized carbons (Fsp3) is 0.867. The molecule has 0 aliphatic carbocycles. The van der Waals surface area contributed by atoms with Crippen molar-refractivity contribution >= 4 is 11.9 Å². The van der Waals surface area contributed by atoms with Gasteiger partial charge in [-0.2, -0.15) is 22.0 Å². The van der Waals surface area contributed by atoms with E-state index in [9.17, 15) is 31.5 Å². The molecule has 24 heavy (non-hydrogen) atoms. The van der Waals surface area contributed by atoms with E-state index in [4.69, 9.17) is 4.74 Å². The van der Waals surface area contributed by atoms with Crippen LogP contribution in [0.3, 0.4) is 0 Å². The molecular weight excluding hydrogens is 337 g/mol. The predicted molar refractivity (Wildman–Crippen MR) is 75.5 cm³/mol. The molecule has 0 saturated carbocycles. The Bertz CT molecular complexity index is 439. The van der Waals surface area contributed by atoms with Gasteiger partial charge in [0, 0.05) is 6.54 Å². The minimum atomic E-state index is -5.99. The Morgan fingerprint density at radius 1 is 1.08 bits per heavy atom. The second-order valence-corrected chi connectivity index (χ2v) is 5.81. The van der Waals surface area contributed by atoms with Crippen molar-refractivity contribution < 1.29 is 36.3 Å². The quantitative estimate of drug-likeness (QED) is 0.377. The molecule has 9 heteroatoms. The molecule has 0 radical (unpaired) electrons. The molecule has 1 saturated heterocycles. The van der Waals surface area contributed by atoms with Crippen molar-refractivity contribution in [2.24, 2.45) is 0 Å². The summed E-state index contributed by atoms with van der Waals surface area (Å²) in [6, 6.07) is -1.37. The highest BCUT2D eigenvalue weighted by Gasteiger charge is 2.65. The summed E-state index contributed by atoms with van der Waals surface area (Å²) in [6.07, 6.45) is -1.30. The number of hydrogen-bond acceptors (Lipinski definition) is 3. The third-order valence-corrected chi connectivity index (χ3v) is 3.90. The second-order valence-electron chi connectivity index (χ2n) is 5.81. The summed E-state index contributed by atoms with van der Waals surface area (Å²) in [6.45, 7) is 1.79. The molecule has 0 spiro atoms. The first-order chi connectivity index (χ1) is 11.1. The molecule has 4 nitrogen and oxygen atoms in total. The number of alkyl halides is 5. The maximum absolute atomic E-state index is 13.2. The Balaban J connectivity index is 2.55. The molecule has 1 aliphatic heterocycles. The molecule has 0 aromatic heterocycles. The van der Waals surface area contributed by atoms with E-state index < -0.39 is 30.0 Å². The Hall–Kier alpha value is -1.41. The van der Waals surface area contributed by atoms with Crippen LogP contribution in [0.15, 0.2) is 0 Å². The minimum absolute atomic E-state index is 0.0222. The highest BCUT2D eigenvalue weighted by molar-refractivity contribution is 5.89. The van der Waals surface area contributed by atoms with Crippen LogP contribution in [0.4, 0.5) is 22.0 Å². The Kier molecular flexibility index (Phi) is 7.41. The molecule has 1 unspecified atom stereocenters. The molecular formula is C15H22F5NO3. The van der Waals surface area contributed by atoms with Gasteiger partial charge in [0.25, 0.3) is 0 Å². The van der Waals surface area contributed by atoms with Gasteiger partial charge in [0.2, 0.25) is 0 Å². The van der Waals surface area contributed by atoms with Crippen LogP contribution in [-0.2, 0) is 14.3 Å². The van der Waals surface area contributed by atoms with E-state index in [0.29, 0.717) is 6.42 Å². The molecule has 1 atom stereocenters. The molecule has 1 rings (SSSR count). The van der Waals surface area contributed by atoms with E-state index in [-0.39, 0.29) is 30.9 Å². The maximum atomic E-state index is 13.2. The zero-order chi connectivity index (χ0) is 18.4. The van der Waals surface area contributed by atoms with E-state index in [1.807, 2.05) is 6.92 Å². The number of carbonyl (C=O) groups is 2. The van der Waals surface area contributed by atoms with Crippen LogP contribution in [0.25, 0.3) is 0 Å². The lowest BCUT2D eigenvalue weighted by Crippen LogP contribution is -2.55. The van der Waals surface area contributed by atoms with Gasteiger partial charge in [-0.05, 0) is 19.3 Å². The van der Waals surface area contributed by atoms with Gasteiger partial charge in [-0.1, -0.05) is 32.6 Å². The summed E-state index contributed by atoms with van der Waals surface area (Å²) in [5.41, 5.74) is 0. The zero-order valence-electron chi connectivity index (χ0n) is 13.5. The van der Waals surface area contributed by atoms with Crippen LogP contribution in [-0.4, -0.2) is 48.1 Å². The van der Waals surface area contributed by atoms with E-state index in [0.717, 1.165) is 25.7 Å². The van der Waals surface area contributed by atoms with Crippen molar-refractivity contribution in [2.75, 3.05) is 13.2 Å². The van der Waals surface area contributed by atoms with Gasteiger partial charge < -0.3 is 9.64 Å². The van der Waals surface area contributed by atoms with Crippen molar-refractivity contribution in [2.45, 2.75) is 70.0 Å². The van der Waals surface area contributed by atoms with Crippen molar-refractivity contribution in [3.05, 3.63) is 0 Å². The van der Waals surface area contributed by atoms with E-state index in [2.05, 4.69) is 0 Å². The average molecular weight is 359 g/mol. The predicted octanol–water partition coefficient (Wildman–Crippen LogP) is 3.69. The molecule has 0 aromatic rings. The zero-order valence-corrected chi connectivity index (χ0v) is 13.5. The van der Waals surface area contributed by atoms with Crippen molar-refractivity contribution in [3.8, 4) is 0 Å². The molecule has 1 aliphatic rings. The molecule has 0 aromatic carbocycles. The minimum Gasteiger partial charge on any atom is -0.464 e. The number of halogens is 5. The number of unbranched alkanes of at least 4 members (excludes halogenated alkanes) is 4. The number of esters is 1. The number of nitrogens with zero attached hydrogens (tertiary/aromatic N) is 1. The Labute approximate surface area is 137 Å². The molecule has 1 heterocycles. The number of hydrogen-bond donors (Lipinski definition) is 0. The van der Waals surface area contributed by atoms with Gasteiger partial charge in [-0.25, -0.2) is 4.79 Å². The second kappa shape index (κ2) is 8.62. The summed E-state index contributed by atoms with van der Waals surface area (Å²) >= 11 is 0. The molecule has 140 valence electrons. The van der Waals surface area contributed by atoms with Gasteiger partial charge >= 0.3 is 24.0 Å². The van der Waals surface area contributed by atoms with E-state index in [1.54, 1.807) is 0 Å². The SMILES string of the molecule is CCCCCCCOC(=O)C1CCCN1C(=O)C(F)(F)C(F)(F)F. The third-order valence-electron chi connectivity index (χ3n) is 3.90. The highest BCUT2D eigenvalue weighted by Crippen LogP contribution is 2.38. The first-order valence-electron chi connectivity index (χ1n) is 8.05. The highest BCUT2D eigenvalue weighted by atomic mass is 19.4. The first kappa shape index (κ1) is 20.6. The number of amides is 1. The topological polar surface area (TPSA) is 46.6 Å². The van der Waals surface area contributed by atoms with Crippen LogP contribution in [0.1, 0.15) is 51.9 Å². The van der Waals surface area contributed by atoms with Gasteiger partial charge in [-0.3, -0.25) is 4.79 Å². The average Bonchev–Trinajstić information content (AvgIpc) is 2.98. The number of likely N-dealkylation sites (tertiary alicyclic amines) is 1. The summed E-state index contributed by atoms with van der Waals surface area (Å²) in [7, 11) is 0. The van der Waals surface area contributed by atoms with Crippen LogP contribution < -0.4 is 0 Å². The fourth-order valence-electron chi connectivity index (χ4n) is 2.53. The van der Waals surface area contributed by atoms with Crippen LogP contribution in [0.5, 0.6) is 0 Å². The summed E-state index contributed by atoms with van der Waals surface area (Å²) in [4.78, 5) is 23.7. The lowest BCUT2D eigenvalue weighted by molar-refractivity contribution is -0.274. The summed E-state index contributed by atoms with van der Waals surface area (Å²) in [5, 5.41) is 0. The third kappa shape index (κ3) is 5.04. The molecule has 0 N–H and O–H groups in total. The number of ether oxygens (including phenoxy) is 1. The van der Waals surface area contributed by atoms with Gasteiger partial charge in [-0.15, -0.1) is 0 Å². The molecule has 1 fully saturated rings. The lowest BCUT2D eigenvalue weighted by atomic mass is 10.1. The van der Waals surface area contributed by atoms with Crippen molar-refractivity contribution in [1.82, 2.24) is 4.90 Å². The van der Waals surface area contributed by atoms with Gasteiger partial charge in [0.05, 0.1) is 6.61 Å². The standard InChI is InChI=1S/C15H22F5NO3/c1-2-3-4-5-6-10-24-12(22)11-8-7-9-21(11)13(23)14(16,17)15(18,19)20/h11H,2-10H2,1H3. The Morgan fingerprint density at radius 3 is 2.29 bits per heavy atom. The van der Waals surface area contributed by atoms with E-state index in [1.165, 1.54) is 0 Å². The van der Waals surface area contributed by atoms with Crippen LogP contribution >= 0.6 is 0 Å². The van der Waals surface area contributed by atoms with Crippen LogP contribution in [0.2, 0.25) is 0 Å². The lowest BCUT2D eigenvalue weighted by Gasteiger charge is -2.28.